The lowest BCUT2D eigenvalue weighted by Crippen LogP contribution is -2.33. The number of aliphatic hydroxyl groups is 1. The average Bonchev–Trinajstić information content (AvgIpc) is 2.78. The van der Waals surface area contributed by atoms with Crippen molar-refractivity contribution in [3.05, 3.63) is 64.7 Å². The van der Waals surface area contributed by atoms with Crippen LogP contribution in [0.1, 0.15) is 33.1 Å². The van der Waals surface area contributed by atoms with Crippen LogP contribution in [0, 0.1) is 6.92 Å². The highest BCUT2D eigenvalue weighted by Gasteiger charge is 2.32. The quantitative estimate of drug-likeness (QED) is 0.737. The summed E-state index contributed by atoms with van der Waals surface area (Å²) in [4.78, 5) is 12.3. The first kappa shape index (κ1) is 13.6. The van der Waals surface area contributed by atoms with Crippen molar-refractivity contribution in [2.75, 3.05) is 5.73 Å². The average molecular weight is 282 g/mol. The third-order valence-corrected chi connectivity index (χ3v) is 4.03. The summed E-state index contributed by atoms with van der Waals surface area (Å²) in [5.74, 6) is -0.220. The zero-order valence-electron chi connectivity index (χ0n) is 11.8. The van der Waals surface area contributed by atoms with Crippen LogP contribution in [0.5, 0.6) is 0 Å². The van der Waals surface area contributed by atoms with Crippen molar-refractivity contribution in [3.63, 3.8) is 0 Å². The zero-order valence-corrected chi connectivity index (χ0v) is 11.8. The molecule has 0 unspecified atom stereocenters. The van der Waals surface area contributed by atoms with Gasteiger partial charge in [-0.05, 0) is 35.7 Å². The number of nitrogen functional groups attached to an aromatic ring is 1. The second kappa shape index (κ2) is 5.22. The molecule has 0 saturated carbocycles. The summed E-state index contributed by atoms with van der Waals surface area (Å²) < 4.78 is 0. The number of aliphatic hydroxyl groups excluding tert-OH is 1. The van der Waals surface area contributed by atoms with E-state index in [2.05, 4.69) is 5.32 Å². The number of fused-ring (bicyclic) bond motifs is 1. The minimum absolute atomic E-state index is 0.220. The van der Waals surface area contributed by atoms with Gasteiger partial charge in [0.05, 0.1) is 12.1 Å². The molecule has 3 rings (SSSR count). The van der Waals surface area contributed by atoms with Crippen LogP contribution in [0.4, 0.5) is 5.69 Å². The Balaban J connectivity index is 1.83. The molecule has 1 amide bonds. The van der Waals surface area contributed by atoms with E-state index in [1.54, 1.807) is 12.1 Å². The second-order valence-electron chi connectivity index (χ2n) is 5.49. The van der Waals surface area contributed by atoms with E-state index >= 15 is 0 Å². The van der Waals surface area contributed by atoms with Crippen LogP contribution >= 0.6 is 0 Å². The first-order valence-corrected chi connectivity index (χ1v) is 6.99. The Labute approximate surface area is 123 Å². The highest BCUT2D eigenvalue weighted by atomic mass is 16.3. The van der Waals surface area contributed by atoms with Gasteiger partial charge >= 0.3 is 0 Å². The molecule has 0 heterocycles. The molecule has 4 N–H and O–H groups in total. The molecule has 2 atom stereocenters. The lowest BCUT2D eigenvalue weighted by molar-refractivity contribution is 0.0858. The van der Waals surface area contributed by atoms with E-state index in [1.165, 1.54) is 0 Å². The van der Waals surface area contributed by atoms with Crippen LogP contribution < -0.4 is 11.1 Å². The van der Waals surface area contributed by atoms with Gasteiger partial charge in [-0.2, -0.15) is 0 Å². The molecule has 0 bridgehead atoms. The number of aryl methyl sites for hydroxylation is 1. The number of hydrogen-bond acceptors (Lipinski definition) is 3. The smallest absolute Gasteiger partial charge is 0.251 e. The predicted molar refractivity (Wildman–Crippen MR) is 82.0 cm³/mol. The highest BCUT2D eigenvalue weighted by Crippen LogP contribution is 2.31. The Bertz CT molecular complexity index is 697. The van der Waals surface area contributed by atoms with E-state index in [0.29, 0.717) is 17.7 Å². The number of carbonyl (C=O) groups is 1. The molecule has 2 aromatic rings. The summed E-state index contributed by atoms with van der Waals surface area (Å²) in [6.07, 6.45) is -0.0221. The first-order chi connectivity index (χ1) is 10.1. The molecule has 0 aliphatic heterocycles. The number of hydrogen-bond donors (Lipinski definition) is 3. The third kappa shape index (κ3) is 2.50. The molecular weight excluding hydrogens is 264 g/mol. The van der Waals surface area contributed by atoms with E-state index in [0.717, 1.165) is 16.7 Å². The number of nitrogens with one attached hydrogen (secondary N) is 1. The van der Waals surface area contributed by atoms with Gasteiger partial charge in [0.1, 0.15) is 0 Å². The van der Waals surface area contributed by atoms with Gasteiger partial charge in [0, 0.05) is 17.7 Å². The van der Waals surface area contributed by atoms with Gasteiger partial charge in [0.25, 0.3) is 5.91 Å². The summed E-state index contributed by atoms with van der Waals surface area (Å²) >= 11 is 0. The van der Waals surface area contributed by atoms with Crippen LogP contribution in [0.2, 0.25) is 0 Å². The first-order valence-electron chi connectivity index (χ1n) is 6.99. The molecule has 4 heteroatoms. The predicted octanol–water partition coefficient (Wildman–Crippen LogP) is 1.97. The van der Waals surface area contributed by atoms with Crippen molar-refractivity contribution in [3.8, 4) is 0 Å². The van der Waals surface area contributed by atoms with E-state index < -0.39 is 6.10 Å². The fraction of sp³-hybridized carbons (Fsp3) is 0.235. The Kier molecular flexibility index (Phi) is 3.39. The van der Waals surface area contributed by atoms with Crippen LogP contribution in [0.25, 0.3) is 0 Å². The van der Waals surface area contributed by atoms with Crippen molar-refractivity contribution in [2.45, 2.75) is 25.5 Å². The molecule has 0 spiro atoms. The molecule has 1 aliphatic rings. The standard InChI is InChI=1S/C17H18N2O2/c1-10-6-7-12(8-14(10)18)17(21)19-16-13-5-3-2-4-11(13)9-15(16)20/h2-8,15-16,20H,9,18H2,1H3,(H,19,21)/t15-,16+/m1/s1. The van der Waals surface area contributed by atoms with Gasteiger partial charge in [-0.1, -0.05) is 30.3 Å². The molecule has 0 aromatic heterocycles. The molecule has 0 fully saturated rings. The van der Waals surface area contributed by atoms with Crippen molar-refractivity contribution < 1.29 is 9.90 Å². The monoisotopic (exact) mass is 282 g/mol. The number of nitrogens with two attached hydrogens (primary N) is 1. The second-order valence-corrected chi connectivity index (χ2v) is 5.49. The lowest BCUT2D eigenvalue weighted by Gasteiger charge is -2.18. The topological polar surface area (TPSA) is 75.3 Å². The number of rotatable bonds is 2. The van der Waals surface area contributed by atoms with Crippen molar-refractivity contribution in [1.29, 1.82) is 0 Å². The maximum absolute atomic E-state index is 12.3. The van der Waals surface area contributed by atoms with E-state index in [9.17, 15) is 9.90 Å². The molecular formula is C17H18N2O2. The third-order valence-electron chi connectivity index (χ3n) is 4.03. The van der Waals surface area contributed by atoms with Gasteiger partial charge in [-0.25, -0.2) is 0 Å². The normalized spacial score (nSPS) is 20.1. The van der Waals surface area contributed by atoms with Crippen LogP contribution in [0.15, 0.2) is 42.5 Å². The molecule has 21 heavy (non-hydrogen) atoms. The molecule has 0 saturated heterocycles. The molecule has 108 valence electrons. The Morgan fingerprint density at radius 2 is 2.05 bits per heavy atom. The Morgan fingerprint density at radius 1 is 1.29 bits per heavy atom. The fourth-order valence-corrected chi connectivity index (χ4v) is 2.75. The Hall–Kier alpha value is -2.33. The van der Waals surface area contributed by atoms with E-state index in [4.69, 9.17) is 5.73 Å². The molecule has 1 aliphatic carbocycles. The van der Waals surface area contributed by atoms with Crippen LogP contribution in [0.3, 0.4) is 0 Å². The molecule has 0 radical (unpaired) electrons. The Morgan fingerprint density at radius 3 is 2.81 bits per heavy atom. The number of amides is 1. The summed E-state index contributed by atoms with van der Waals surface area (Å²) in [5.41, 5.74) is 9.95. The maximum Gasteiger partial charge on any atom is 0.251 e. The van der Waals surface area contributed by atoms with Crippen molar-refractivity contribution in [1.82, 2.24) is 5.32 Å². The molecule has 4 nitrogen and oxygen atoms in total. The lowest BCUT2D eigenvalue weighted by atomic mass is 10.1. The summed E-state index contributed by atoms with van der Waals surface area (Å²) in [6, 6.07) is 12.6. The van der Waals surface area contributed by atoms with Crippen LogP contribution in [-0.2, 0) is 6.42 Å². The molecule has 2 aromatic carbocycles. The minimum atomic E-state index is -0.589. The van der Waals surface area contributed by atoms with Gasteiger partial charge in [-0.3, -0.25) is 4.79 Å². The van der Waals surface area contributed by atoms with Crippen molar-refractivity contribution in [2.24, 2.45) is 0 Å². The zero-order chi connectivity index (χ0) is 15.0. The van der Waals surface area contributed by atoms with E-state index in [-0.39, 0.29) is 11.9 Å². The highest BCUT2D eigenvalue weighted by molar-refractivity contribution is 5.95. The fourth-order valence-electron chi connectivity index (χ4n) is 2.75. The number of carbonyl (C=O) groups excluding carboxylic acids is 1. The minimum Gasteiger partial charge on any atom is -0.398 e. The number of benzene rings is 2. The van der Waals surface area contributed by atoms with E-state index in [1.807, 2.05) is 37.3 Å². The number of anilines is 1. The largest absolute Gasteiger partial charge is 0.398 e. The summed E-state index contributed by atoms with van der Waals surface area (Å²) in [7, 11) is 0. The van der Waals surface area contributed by atoms with Crippen molar-refractivity contribution >= 4 is 11.6 Å². The maximum atomic E-state index is 12.3. The van der Waals surface area contributed by atoms with Gasteiger partial charge in [-0.15, -0.1) is 0 Å². The summed E-state index contributed by atoms with van der Waals surface area (Å²) in [5, 5.41) is 13.1. The van der Waals surface area contributed by atoms with Crippen LogP contribution in [-0.4, -0.2) is 17.1 Å². The van der Waals surface area contributed by atoms with Gasteiger partial charge in [0.2, 0.25) is 0 Å². The summed E-state index contributed by atoms with van der Waals surface area (Å²) in [6.45, 7) is 1.90. The van der Waals surface area contributed by atoms with Gasteiger partial charge in [0.15, 0.2) is 0 Å². The van der Waals surface area contributed by atoms with Gasteiger partial charge < -0.3 is 16.2 Å². The SMILES string of the molecule is Cc1ccc(C(=O)N[C@H]2c3ccccc3C[C@H]2O)cc1N.